The van der Waals surface area contributed by atoms with Crippen LogP contribution in [-0.2, 0) is 22.6 Å². The molecule has 1 saturated heterocycles. The largest absolute Gasteiger partial charge is 0.378 e. The third-order valence-electron chi connectivity index (χ3n) is 5.90. The van der Waals surface area contributed by atoms with E-state index in [0.717, 1.165) is 41.6 Å². The van der Waals surface area contributed by atoms with Crippen molar-refractivity contribution in [3.05, 3.63) is 70.4 Å². The third-order valence-corrected chi connectivity index (χ3v) is 5.90. The Kier molecular flexibility index (Phi) is 6.41. The molecule has 0 aliphatic carbocycles. The zero-order chi connectivity index (χ0) is 22.7. The second-order valence-electron chi connectivity index (χ2n) is 8.41. The van der Waals surface area contributed by atoms with Gasteiger partial charge < -0.3 is 19.1 Å². The van der Waals surface area contributed by atoms with Crippen molar-refractivity contribution in [2.45, 2.75) is 32.0 Å². The first-order valence-electron chi connectivity index (χ1n) is 10.8. The van der Waals surface area contributed by atoms with Gasteiger partial charge in [-0.3, -0.25) is 14.9 Å². The van der Waals surface area contributed by atoms with Gasteiger partial charge in [-0.25, -0.2) is 0 Å². The zero-order valence-corrected chi connectivity index (χ0v) is 18.4. The van der Waals surface area contributed by atoms with Crippen LogP contribution in [0.15, 0.2) is 54.7 Å². The van der Waals surface area contributed by atoms with Crippen LogP contribution in [0.25, 0.3) is 10.9 Å². The van der Waals surface area contributed by atoms with Crippen LogP contribution in [0, 0.1) is 10.1 Å². The van der Waals surface area contributed by atoms with Gasteiger partial charge in [0.2, 0.25) is 5.91 Å². The van der Waals surface area contributed by atoms with Crippen molar-refractivity contribution in [1.82, 2.24) is 9.47 Å². The highest BCUT2D eigenvalue weighted by molar-refractivity contribution is 5.85. The molecule has 0 bridgehead atoms. The number of rotatable bonds is 8. The number of ether oxygens (including phenoxy) is 1. The minimum atomic E-state index is -0.410. The van der Waals surface area contributed by atoms with Crippen LogP contribution in [0.3, 0.4) is 0 Å². The lowest BCUT2D eigenvalue weighted by molar-refractivity contribution is -0.384. The lowest BCUT2D eigenvalue weighted by atomic mass is 10.1. The first-order chi connectivity index (χ1) is 15.4. The molecule has 0 spiro atoms. The summed E-state index contributed by atoms with van der Waals surface area (Å²) in [5.41, 5.74) is 3.02. The molecule has 2 heterocycles. The second kappa shape index (κ2) is 9.40. The maximum Gasteiger partial charge on any atom is 0.270 e. The number of amides is 1. The number of carbonyl (C=O) groups excluding carboxylic acids is 1. The van der Waals surface area contributed by atoms with Crippen LogP contribution in [0.1, 0.15) is 18.4 Å². The van der Waals surface area contributed by atoms with Gasteiger partial charge in [-0.05, 0) is 42.7 Å². The van der Waals surface area contributed by atoms with Gasteiger partial charge >= 0.3 is 0 Å². The molecule has 8 nitrogen and oxygen atoms in total. The van der Waals surface area contributed by atoms with Crippen molar-refractivity contribution in [1.29, 1.82) is 0 Å². The summed E-state index contributed by atoms with van der Waals surface area (Å²) in [5, 5.41) is 11.8. The molecule has 1 unspecified atom stereocenters. The van der Waals surface area contributed by atoms with Gasteiger partial charge in [-0.1, -0.05) is 12.1 Å². The number of hydrogen-bond donors (Lipinski definition) is 0. The predicted molar refractivity (Wildman–Crippen MR) is 124 cm³/mol. The van der Waals surface area contributed by atoms with Gasteiger partial charge in [0.15, 0.2) is 0 Å². The number of fused-ring (bicyclic) bond motifs is 1. The van der Waals surface area contributed by atoms with Crippen LogP contribution >= 0.6 is 0 Å². The Morgan fingerprint density at radius 2 is 1.97 bits per heavy atom. The van der Waals surface area contributed by atoms with Crippen molar-refractivity contribution in [2.24, 2.45) is 0 Å². The lowest BCUT2D eigenvalue weighted by Crippen LogP contribution is -2.38. The topological polar surface area (TPSA) is 80.8 Å². The third kappa shape index (κ3) is 4.91. The minimum Gasteiger partial charge on any atom is -0.378 e. The Bertz CT molecular complexity index is 1100. The molecule has 8 heteroatoms. The lowest BCUT2D eigenvalue weighted by Gasteiger charge is -2.26. The average Bonchev–Trinajstić information content (AvgIpc) is 3.43. The van der Waals surface area contributed by atoms with E-state index in [0.29, 0.717) is 13.1 Å². The molecule has 0 radical (unpaired) electrons. The van der Waals surface area contributed by atoms with Crippen molar-refractivity contribution < 1.29 is 14.5 Å². The molecule has 1 aliphatic heterocycles. The van der Waals surface area contributed by atoms with Gasteiger partial charge in [-0.2, -0.15) is 0 Å². The highest BCUT2D eigenvalue weighted by atomic mass is 16.6. The summed E-state index contributed by atoms with van der Waals surface area (Å²) in [4.78, 5) is 27.9. The van der Waals surface area contributed by atoms with Gasteiger partial charge in [0, 0.05) is 68.7 Å². The number of non-ortho nitro benzene ring substituents is 1. The predicted octanol–water partition coefficient (Wildman–Crippen LogP) is 3.82. The van der Waals surface area contributed by atoms with Crippen molar-refractivity contribution in [2.75, 3.05) is 32.1 Å². The fourth-order valence-electron chi connectivity index (χ4n) is 4.09. The fourth-order valence-corrected chi connectivity index (χ4v) is 4.09. The number of nitrogens with zero attached hydrogens (tertiary/aromatic N) is 4. The normalized spacial score (nSPS) is 15.8. The Morgan fingerprint density at radius 1 is 1.19 bits per heavy atom. The monoisotopic (exact) mass is 436 g/mol. The number of nitro benzene ring substituents is 1. The van der Waals surface area contributed by atoms with E-state index < -0.39 is 4.92 Å². The molecule has 1 aliphatic rings. The molecule has 1 atom stereocenters. The van der Waals surface area contributed by atoms with Crippen LogP contribution in [0.4, 0.5) is 11.4 Å². The van der Waals surface area contributed by atoms with E-state index in [1.165, 1.54) is 12.1 Å². The quantitative estimate of drug-likeness (QED) is 0.396. The first kappa shape index (κ1) is 21.8. The standard InChI is InChI=1S/C24H28N4O4/c1-25(2)20-7-5-18(6-8-20)15-27(16-22-4-3-13-32-22)24(29)17-26-12-11-19-14-21(28(30)31)9-10-23(19)26/h5-12,14,22H,3-4,13,15-17H2,1-2H3. The maximum atomic E-state index is 13.3. The Labute approximate surface area is 187 Å². The maximum absolute atomic E-state index is 13.3. The fraction of sp³-hybridized carbons (Fsp3) is 0.375. The summed E-state index contributed by atoms with van der Waals surface area (Å²) >= 11 is 0. The number of hydrogen-bond acceptors (Lipinski definition) is 5. The molecule has 3 aromatic rings. The van der Waals surface area contributed by atoms with E-state index in [4.69, 9.17) is 4.74 Å². The van der Waals surface area contributed by atoms with Crippen LogP contribution in [0.5, 0.6) is 0 Å². The van der Waals surface area contributed by atoms with E-state index in [1.807, 2.05) is 34.7 Å². The molecular weight excluding hydrogens is 408 g/mol. The van der Waals surface area contributed by atoms with Crippen molar-refractivity contribution in [3.8, 4) is 0 Å². The second-order valence-corrected chi connectivity index (χ2v) is 8.41. The first-order valence-corrected chi connectivity index (χ1v) is 10.8. The molecule has 4 rings (SSSR count). The van der Waals surface area contributed by atoms with Crippen molar-refractivity contribution in [3.63, 3.8) is 0 Å². The number of anilines is 1. The van der Waals surface area contributed by atoms with Gasteiger partial charge in [0.1, 0.15) is 6.54 Å². The summed E-state index contributed by atoms with van der Waals surface area (Å²) in [6.45, 7) is 1.98. The zero-order valence-electron chi connectivity index (χ0n) is 18.4. The molecule has 1 amide bonds. The van der Waals surface area contributed by atoms with E-state index in [-0.39, 0.29) is 24.2 Å². The molecule has 0 saturated carbocycles. The summed E-state index contributed by atoms with van der Waals surface area (Å²) < 4.78 is 7.64. The Morgan fingerprint density at radius 3 is 2.62 bits per heavy atom. The summed E-state index contributed by atoms with van der Waals surface area (Å²) in [5.74, 6) is -0.00645. The summed E-state index contributed by atoms with van der Waals surface area (Å²) in [6.07, 6.45) is 3.84. The van der Waals surface area contributed by atoms with Crippen molar-refractivity contribution >= 4 is 28.2 Å². The summed E-state index contributed by atoms with van der Waals surface area (Å²) in [7, 11) is 4.00. The summed E-state index contributed by atoms with van der Waals surface area (Å²) in [6, 6.07) is 14.7. The van der Waals surface area contributed by atoms with E-state index in [2.05, 4.69) is 24.3 Å². The number of carbonyl (C=O) groups is 1. The van der Waals surface area contributed by atoms with Crippen LogP contribution in [0.2, 0.25) is 0 Å². The van der Waals surface area contributed by atoms with Gasteiger partial charge in [-0.15, -0.1) is 0 Å². The molecule has 168 valence electrons. The van der Waals surface area contributed by atoms with E-state index in [9.17, 15) is 14.9 Å². The smallest absolute Gasteiger partial charge is 0.270 e. The minimum absolute atomic E-state index is 0.00645. The average molecular weight is 437 g/mol. The molecule has 1 fully saturated rings. The Balaban J connectivity index is 1.53. The molecule has 32 heavy (non-hydrogen) atoms. The van der Waals surface area contributed by atoms with E-state index in [1.54, 1.807) is 12.1 Å². The molecule has 2 aromatic carbocycles. The van der Waals surface area contributed by atoms with Crippen LogP contribution < -0.4 is 4.90 Å². The van der Waals surface area contributed by atoms with Crippen LogP contribution in [-0.4, -0.2) is 53.6 Å². The SMILES string of the molecule is CN(C)c1ccc(CN(CC2CCCO2)C(=O)Cn2ccc3cc([N+](=O)[O-])ccc32)cc1. The van der Waals surface area contributed by atoms with Gasteiger partial charge in [0.25, 0.3) is 5.69 Å². The molecular formula is C24H28N4O4. The number of aromatic nitrogens is 1. The number of nitro groups is 1. The Hall–Kier alpha value is -3.39. The highest BCUT2D eigenvalue weighted by Gasteiger charge is 2.23. The molecule has 0 N–H and O–H groups in total. The number of benzene rings is 2. The van der Waals surface area contributed by atoms with Gasteiger partial charge in [0.05, 0.1) is 11.0 Å². The molecule has 1 aromatic heterocycles. The highest BCUT2D eigenvalue weighted by Crippen LogP contribution is 2.23. The van der Waals surface area contributed by atoms with E-state index >= 15 is 0 Å².